The molecule has 0 aliphatic rings. The monoisotopic (exact) mass is 237 g/mol. The fraction of sp³-hybridized carbons (Fsp3) is 0.125. The van der Waals surface area contributed by atoms with Crippen LogP contribution in [0.5, 0.6) is 0 Å². The molecule has 1 heterocycles. The van der Waals surface area contributed by atoms with Crippen LogP contribution >= 0.6 is 0 Å². The van der Waals surface area contributed by atoms with Crippen molar-refractivity contribution in [3.05, 3.63) is 65.9 Å². The van der Waals surface area contributed by atoms with Gasteiger partial charge in [-0.1, -0.05) is 35.9 Å². The van der Waals surface area contributed by atoms with Crippen molar-refractivity contribution in [2.45, 2.75) is 13.5 Å². The summed E-state index contributed by atoms with van der Waals surface area (Å²) in [6.45, 7) is 2.79. The van der Waals surface area contributed by atoms with Crippen LogP contribution in [-0.4, -0.2) is 0 Å². The Balaban J connectivity index is 1.74. The fourth-order valence-electron chi connectivity index (χ4n) is 1.98. The van der Waals surface area contributed by atoms with Crippen molar-refractivity contribution in [3.8, 4) is 0 Å². The van der Waals surface area contributed by atoms with Crippen LogP contribution in [0.2, 0.25) is 0 Å². The Kier molecular flexibility index (Phi) is 2.77. The van der Waals surface area contributed by atoms with Crippen molar-refractivity contribution in [3.63, 3.8) is 0 Å². The molecule has 0 unspecified atom stereocenters. The molecule has 2 heteroatoms. The van der Waals surface area contributed by atoms with Crippen LogP contribution in [0, 0.1) is 6.92 Å². The number of fused-ring (bicyclic) bond motifs is 1. The molecule has 2 nitrogen and oxygen atoms in total. The number of aryl methyl sites for hydroxylation is 1. The predicted molar refractivity (Wildman–Crippen MR) is 74.7 cm³/mol. The summed E-state index contributed by atoms with van der Waals surface area (Å²) in [4.78, 5) is 0. The van der Waals surface area contributed by atoms with Gasteiger partial charge in [-0.2, -0.15) is 0 Å². The van der Waals surface area contributed by atoms with E-state index >= 15 is 0 Å². The maximum atomic E-state index is 5.75. The summed E-state index contributed by atoms with van der Waals surface area (Å²) in [6.07, 6.45) is 0. The van der Waals surface area contributed by atoms with Crippen LogP contribution in [0.3, 0.4) is 0 Å². The Morgan fingerprint density at radius 2 is 1.78 bits per heavy atom. The maximum absolute atomic E-state index is 5.75. The summed E-state index contributed by atoms with van der Waals surface area (Å²) >= 11 is 0. The van der Waals surface area contributed by atoms with Gasteiger partial charge in [0, 0.05) is 11.1 Å². The number of para-hydroxylation sites is 1. The van der Waals surface area contributed by atoms with E-state index in [0.29, 0.717) is 6.54 Å². The van der Waals surface area contributed by atoms with Gasteiger partial charge in [-0.05, 0) is 31.2 Å². The van der Waals surface area contributed by atoms with Gasteiger partial charge >= 0.3 is 0 Å². The van der Waals surface area contributed by atoms with Crippen LogP contribution in [0.25, 0.3) is 11.0 Å². The van der Waals surface area contributed by atoms with E-state index in [0.717, 1.165) is 22.4 Å². The first-order chi connectivity index (χ1) is 8.81. The van der Waals surface area contributed by atoms with E-state index in [1.54, 1.807) is 0 Å². The molecule has 0 fully saturated rings. The van der Waals surface area contributed by atoms with Gasteiger partial charge in [-0.15, -0.1) is 0 Å². The van der Waals surface area contributed by atoms with E-state index in [1.165, 1.54) is 5.56 Å². The maximum Gasteiger partial charge on any atom is 0.134 e. The standard InChI is InChI=1S/C16H15NO/c1-12-6-8-14(9-7-12)17-11-15-10-13-4-2-3-5-16(13)18-15/h2-10,17H,11H2,1H3. The first-order valence-electron chi connectivity index (χ1n) is 6.09. The van der Waals surface area contributed by atoms with Crippen molar-refractivity contribution in [2.75, 3.05) is 5.32 Å². The van der Waals surface area contributed by atoms with Gasteiger partial charge in [0.1, 0.15) is 11.3 Å². The molecule has 90 valence electrons. The molecule has 1 N–H and O–H groups in total. The van der Waals surface area contributed by atoms with E-state index in [1.807, 2.05) is 18.2 Å². The zero-order valence-corrected chi connectivity index (χ0v) is 10.3. The van der Waals surface area contributed by atoms with Gasteiger partial charge in [0.2, 0.25) is 0 Å². The highest BCUT2D eigenvalue weighted by molar-refractivity contribution is 5.77. The van der Waals surface area contributed by atoms with Crippen molar-refractivity contribution >= 4 is 16.7 Å². The van der Waals surface area contributed by atoms with Crippen molar-refractivity contribution in [1.82, 2.24) is 0 Å². The average Bonchev–Trinajstić information content (AvgIpc) is 2.81. The topological polar surface area (TPSA) is 25.2 Å². The summed E-state index contributed by atoms with van der Waals surface area (Å²) in [5.41, 5.74) is 3.32. The summed E-state index contributed by atoms with van der Waals surface area (Å²) in [5, 5.41) is 4.51. The molecular weight excluding hydrogens is 222 g/mol. The lowest BCUT2D eigenvalue weighted by molar-refractivity contribution is 0.559. The molecule has 0 amide bonds. The first kappa shape index (κ1) is 10.9. The Hall–Kier alpha value is -2.22. The fourth-order valence-corrected chi connectivity index (χ4v) is 1.98. The largest absolute Gasteiger partial charge is 0.459 e. The zero-order valence-electron chi connectivity index (χ0n) is 10.3. The van der Waals surface area contributed by atoms with Crippen molar-refractivity contribution in [2.24, 2.45) is 0 Å². The second kappa shape index (κ2) is 4.57. The second-order valence-electron chi connectivity index (χ2n) is 4.47. The number of hydrogen-bond donors (Lipinski definition) is 1. The van der Waals surface area contributed by atoms with E-state index in [-0.39, 0.29) is 0 Å². The number of nitrogens with one attached hydrogen (secondary N) is 1. The number of benzene rings is 2. The smallest absolute Gasteiger partial charge is 0.134 e. The summed E-state index contributed by atoms with van der Waals surface area (Å²) in [7, 11) is 0. The highest BCUT2D eigenvalue weighted by Crippen LogP contribution is 2.19. The summed E-state index contributed by atoms with van der Waals surface area (Å²) < 4.78 is 5.75. The Morgan fingerprint density at radius 3 is 2.56 bits per heavy atom. The lowest BCUT2D eigenvalue weighted by Crippen LogP contribution is -1.97. The molecule has 18 heavy (non-hydrogen) atoms. The lowest BCUT2D eigenvalue weighted by Gasteiger charge is -2.04. The van der Waals surface area contributed by atoms with E-state index in [2.05, 4.69) is 48.6 Å². The molecule has 0 aliphatic heterocycles. The summed E-state index contributed by atoms with van der Waals surface area (Å²) in [5.74, 6) is 0.955. The molecule has 0 saturated carbocycles. The number of hydrogen-bond acceptors (Lipinski definition) is 2. The third kappa shape index (κ3) is 2.23. The molecular formula is C16H15NO. The minimum Gasteiger partial charge on any atom is -0.459 e. The van der Waals surface area contributed by atoms with Crippen molar-refractivity contribution < 1.29 is 4.42 Å². The van der Waals surface area contributed by atoms with Gasteiger partial charge in [-0.25, -0.2) is 0 Å². The van der Waals surface area contributed by atoms with E-state index in [9.17, 15) is 0 Å². The quantitative estimate of drug-likeness (QED) is 0.732. The number of furan rings is 1. The average molecular weight is 237 g/mol. The molecule has 0 aliphatic carbocycles. The Labute approximate surface area is 106 Å². The van der Waals surface area contributed by atoms with Crippen LogP contribution < -0.4 is 5.32 Å². The SMILES string of the molecule is Cc1ccc(NCc2cc3ccccc3o2)cc1. The summed E-state index contributed by atoms with van der Waals surface area (Å²) in [6, 6.07) is 18.5. The lowest BCUT2D eigenvalue weighted by atomic mass is 10.2. The number of anilines is 1. The minimum absolute atomic E-state index is 0.706. The third-order valence-corrected chi connectivity index (χ3v) is 2.99. The number of rotatable bonds is 3. The van der Waals surface area contributed by atoms with Crippen LogP contribution in [0.1, 0.15) is 11.3 Å². The van der Waals surface area contributed by atoms with Gasteiger partial charge in [-0.3, -0.25) is 0 Å². The van der Waals surface area contributed by atoms with Gasteiger partial charge < -0.3 is 9.73 Å². The molecule has 2 aromatic carbocycles. The Morgan fingerprint density at radius 1 is 1.00 bits per heavy atom. The van der Waals surface area contributed by atoms with Crippen LogP contribution in [0.4, 0.5) is 5.69 Å². The molecule has 0 atom stereocenters. The molecule has 3 aromatic rings. The highest BCUT2D eigenvalue weighted by atomic mass is 16.3. The second-order valence-corrected chi connectivity index (χ2v) is 4.47. The zero-order chi connectivity index (χ0) is 12.4. The minimum atomic E-state index is 0.706. The molecule has 0 spiro atoms. The highest BCUT2D eigenvalue weighted by Gasteiger charge is 2.02. The van der Waals surface area contributed by atoms with Gasteiger partial charge in [0.05, 0.1) is 6.54 Å². The first-order valence-corrected chi connectivity index (χ1v) is 6.09. The third-order valence-electron chi connectivity index (χ3n) is 2.99. The molecule has 1 aromatic heterocycles. The van der Waals surface area contributed by atoms with Gasteiger partial charge in [0.15, 0.2) is 0 Å². The van der Waals surface area contributed by atoms with Crippen LogP contribution in [0.15, 0.2) is 59.0 Å². The predicted octanol–water partition coefficient (Wildman–Crippen LogP) is 4.35. The van der Waals surface area contributed by atoms with Crippen LogP contribution in [-0.2, 0) is 6.54 Å². The van der Waals surface area contributed by atoms with E-state index in [4.69, 9.17) is 4.42 Å². The van der Waals surface area contributed by atoms with Gasteiger partial charge in [0.25, 0.3) is 0 Å². The molecule has 0 radical (unpaired) electrons. The van der Waals surface area contributed by atoms with Crippen molar-refractivity contribution in [1.29, 1.82) is 0 Å². The molecule has 3 rings (SSSR count). The normalized spacial score (nSPS) is 10.7. The molecule has 0 bridgehead atoms. The molecule has 0 saturated heterocycles. The van der Waals surface area contributed by atoms with E-state index < -0.39 is 0 Å². The Bertz CT molecular complexity index is 619.